The molecule has 0 radical (unpaired) electrons. The molecule has 1 heterocycles. The summed E-state index contributed by atoms with van der Waals surface area (Å²) in [5.74, 6) is 0.110. The lowest BCUT2D eigenvalue weighted by molar-refractivity contribution is -0.120. The van der Waals surface area contributed by atoms with Crippen LogP contribution >= 0.6 is 0 Å². The molecule has 104 valence electrons. The van der Waals surface area contributed by atoms with E-state index in [0.717, 1.165) is 6.42 Å². The molecule has 1 aromatic rings. The Bertz CT molecular complexity index is 436. The van der Waals surface area contributed by atoms with Crippen LogP contribution in [0.1, 0.15) is 30.3 Å². The summed E-state index contributed by atoms with van der Waals surface area (Å²) in [6.45, 7) is 2.91. The Morgan fingerprint density at radius 2 is 2.00 bits per heavy atom. The van der Waals surface area contributed by atoms with Gasteiger partial charge in [0, 0.05) is 26.6 Å². The third-order valence-corrected chi connectivity index (χ3v) is 2.33. The first kappa shape index (κ1) is 14.9. The highest BCUT2D eigenvalue weighted by Crippen LogP contribution is 2.00. The number of aromatic nitrogens is 2. The molecular weight excluding hydrogens is 246 g/mol. The predicted molar refractivity (Wildman–Crippen MR) is 71.8 cm³/mol. The van der Waals surface area contributed by atoms with E-state index in [2.05, 4.69) is 25.9 Å². The van der Waals surface area contributed by atoms with E-state index >= 15 is 0 Å². The zero-order valence-electron chi connectivity index (χ0n) is 11.2. The number of anilines is 1. The van der Waals surface area contributed by atoms with Gasteiger partial charge in [-0.25, -0.2) is 4.98 Å². The van der Waals surface area contributed by atoms with Gasteiger partial charge < -0.3 is 16.0 Å². The van der Waals surface area contributed by atoms with Crippen molar-refractivity contribution in [3.63, 3.8) is 0 Å². The molecule has 0 aliphatic rings. The van der Waals surface area contributed by atoms with Crippen molar-refractivity contribution in [3.8, 4) is 0 Å². The van der Waals surface area contributed by atoms with Gasteiger partial charge in [-0.2, -0.15) is 0 Å². The van der Waals surface area contributed by atoms with Gasteiger partial charge >= 0.3 is 0 Å². The average molecular weight is 265 g/mol. The van der Waals surface area contributed by atoms with E-state index in [0.29, 0.717) is 12.4 Å². The topological polar surface area (TPSA) is 96.0 Å². The fourth-order valence-corrected chi connectivity index (χ4v) is 1.33. The maximum atomic E-state index is 11.7. The molecule has 2 amide bonds. The van der Waals surface area contributed by atoms with Crippen molar-refractivity contribution in [2.75, 3.05) is 25.5 Å². The molecule has 0 aliphatic carbocycles. The van der Waals surface area contributed by atoms with Gasteiger partial charge in [-0.05, 0) is 6.42 Å². The van der Waals surface area contributed by atoms with Gasteiger partial charge in [0.15, 0.2) is 0 Å². The van der Waals surface area contributed by atoms with Crippen LogP contribution in [0.5, 0.6) is 0 Å². The lowest BCUT2D eigenvalue weighted by Gasteiger charge is -2.06. The second-order valence-corrected chi connectivity index (χ2v) is 3.90. The number of rotatable bonds is 7. The van der Waals surface area contributed by atoms with Crippen LogP contribution in [0.25, 0.3) is 0 Å². The number of nitrogens with zero attached hydrogens (tertiary/aromatic N) is 2. The van der Waals surface area contributed by atoms with Crippen LogP contribution in [-0.2, 0) is 4.79 Å². The number of hydrogen-bond acceptors (Lipinski definition) is 5. The highest BCUT2D eigenvalue weighted by molar-refractivity contribution is 5.92. The molecule has 1 rings (SSSR count). The molecule has 0 spiro atoms. The molecule has 0 aromatic carbocycles. The summed E-state index contributed by atoms with van der Waals surface area (Å²) < 4.78 is 0. The maximum Gasteiger partial charge on any atom is 0.271 e. The van der Waals surface area contributed by atoms with E-state index in [4.69, 9.17) is 0 Å². The van der Waals surface area contributed by atoms with E-state index < -0.39 is 0 Å². The highest BCUT2D eigenvalue weighted by atomic mass is 16.2. The number of carbonyl (C=O) groups is 2. The second kappa shape index (κ2) is 8.02. The Hall–Kier alpha value is -2.18. The summed E-state index contributed by atoms with van der Waals surface area (Å²) >= 11 is 0. The number of hydrogen-bond donors (Lipinski definition) is 3. The van der Waals surface area contributed by atoms with Crippen LogP contribution < -0.4 is 16.0 Å². The van der Waals surface area contributed by atoms with E-state index in [1.165, 1.54) is 12.4 Å². The minimum absolute atomic E-state index is 0.0720. The minimum atomic E-state index is -0.340. The zero-order chi connectivity index (χ0) is 14.1. The van der Waals surface area contributed by atoms with E-state index in [-0.39, 0.29) is 30.5 Å². The van der Waals surface area contributed by atoms with Crippen LogP contribution in [0.4, 0.5) is 5.82 Å². The van der Waals surface area contributed by atoms with Crippen LogP contribution in [0.3, 0.4) is 0 Å². The van der Waals surface area contributed by atoms with Crippen LogP contribution in [0.2, 0.25) is 0 Å². The molecule has 7 heteroatoms. The first-order valence-electron chi connectivity index (χ1n) is 6.22. The van der Waals surface area contributed by atoms with Gasteiger partial charge in [0.1, 0.15) is 11.5 Å². The standard InChI is InChI=1S/C12H19N5O2/c1-3-5-15-11(18)4-6-16-12(19)9-7-14-8-10(13-2)17-9/h7-8H,3-6H2,1-2H3,(H,13,17)(H,15,18)(H,16,19). The minimum Gasteiger partial charge on any atom is -0.372 e. The maximum absolute atomic E-state index is 11.7. The molecule has 0 atom stereocenters. The van der Waals surface area contributed by atoms with Crippen molar-refractivity contribution in [1.82, 2.24) is 20.6 Å². The molecule has 0 aliphatic heterocycles. The van der Waals surface area contributed by atoms with Gasteiger partial charge in [-0.1, -0.05) is 6.92 Å². The van der Waals surface area contributed by atoms with Gasteiger partial charge in [-0.3, -0.25) is 14.6 Å². The summed E-state index contributed by atoms with van der Waals surface area (Å²) in [7, 11) is 1.70. The predicted octanol–water partition coefficient (Wildman–Crippen LogP) is 0.164. The molecule has 0 fully saturated rings. The van der Waals surface area contributed by atoms with Crippen molar-refractivity contribution < 1.29 is 9.59 Å². The molecule has 0 bridgehead atoms. The normalized spacial score (nSPS) is 9.79. The molecule has 0 saturated carbocycles. The largest absolute Gasteiger partial charge is 0.372 e. The van der Waals surface area contributed by atoms with Gasteiger partial charge in [0.05, 0.1) is 12.4 Å². The SMILES string of the molecule is CCCNC(=O)CCNC(=O)c1cncc(NC)n1. The van der Waals surface area contributed by atoms with Crippen molar-refractivity contribution in [2.24, 2.45) is 0 Å². The average Bonchev–Trinajstić information content (AvgIpc) is 2.45. The van der Waals surface area contributed by atoms with E-state index in [1.54, 1.807) is 7.05 Å². The number of amides is 2. The molecule has 0 unspecified atom stereocenters. The van der Waals surface area contributed by atoms with Crippen LogP contribution in [0, 0.1) is 0 Å². The first-order chi connectivity index (χ1) is 9.17. The Morgan fingerprint density at radius 1 is 1.21 bits per heavy atom. The van der Waals surface area contributed by atoms with Crippen LogP contribution in [-0.4, -0.2) is 41.9 Å². The Balaban J connectivity index is 2.36. The number of carbonyl (C=O) groups excluding carboxylic acids is 2. The van der Waals surface area contributed by atoms with Gasteiger partial charge in [0.2, 0.25) is 5.91 Å². The summed E-state index contributed by atoms with van der Waals surface area (Å²) in [4.78, 5) is 31.0. The van der Waals surface area contributed by atoms with Crippen molar-refractivity contribution >= 4 is 17.6 Å². The fourth-order valence-electron chi connectivity index (χ4n) is 1.33. The molecule has 3 N–H and O–H groups in total. The van der Waals surface area contributed by atoms with Crippen molar-refractivity contribution in [3.05, 3.63) is 18.1 Å². The van der Waals surface area contributed by atoms with Crippen molar-refractivity contribution in [2.45, 2.75) is 19.8 Å². The Morgan fingerprint density at radius 3 is 2.68 bits per heavy atom. The fraction of sp³-hybridized carbons (Fsp3) is 0.500. The van der Waals surface area contributed by atoms with Crippen LogP contribution in [0.15, 0.2) is 12.4 Å². The molecule has 19 heavy (non-hydrogen) atoms. The molecule has 1 aromatic heterocycles. The first-order valence-corrected chi connectivity index (χ1v) is 6.22. The summed E-state index contributed by atoms with van der Waals surface area (Å²) in [5, 5.41) is 8.17. The zero-order valence-corrected chi connectivity index (χ0v) is 11.2. The Kier molecular flexibility index (Phi) is 6.28. The summed E-state index contributed by atoms with van der Waals surface area (Å²) in [6, 6.07) is 0. The number of nitrogens with one attached hydrogen (secondary N) is 3. The third kappa shape index (κ3) is 5.33. The molecule has 7 nitrogen and oxygen atoms in total. The lowest BCUT2D eigenvalue weighted by atomic mass is 10.3. The van der Waals surface area contributed by atoms with E-state index in [9.17, 15) is 9.59 Å². The smallest absolute Gasteiger partial charge is 0.271 e. The third-order valence-electron chi connectivity index (χ3n) is 2.33. The summed E-state index contributed by atoms with van der Waals surface area (Å²) in [6.07, 6.45) is 4.05. The van der Waals surface area contributed by atoms with Crippen molar-refractivity contribution in [1.29, 1.82) is 0 Å². The van der Waals surface area contributed by atoms with Gasteiger partial charge in [0.25, 0.3) is 5.91 Å². The Labute approximate surface area is 112 Å². The van der Waals surface area contributed by atoms with E-state index in [1.807, 2.05) is 6.92 Å². The second-order valence-electron chi connectivity index (χ2n) is 3.90. The van der Waals surface area contributed by atoms with Gasteiger partial charge in [-0.15, -0.1) is 0 Å². The lowest BCUT2D eigenvalue weighted by Crippen LogP contribution is -2.31. The highest BCUT2D eigenvalue weighted by Gasteiger charge is 2.08. The monoisotopic (exact) mass is 265 g/mol. The summed E-state index contributed by atoms with van der Waals surface area (Å²) in [5.41, 5.74) is 0.223. The molecular formula is C12H19N5O2. The quantitative estimate of drug-likeness (QED) is 0.653. The molecule has 0 saturated heterocycles.